The molecule has 2 atom stereocenters. The molecule has 2 aromatic rings. The van der Waals surface area contributed by atoms with Crippen LogP contribution in [0.25, 0.3) is 0 Å². The second-order valence-electron chi connectivity index (χ2n) is 4.49. The number of aliphatic hydroxyl groups excluding tert-OH is 1. The summed E-state index contributed by atoms with van der Waals surface area (Å²) in [7, 11) is 0. The molecule has 1 aliphatic rings. The van der Waals surface area contributed by atoms with Crippen LogP contribution in [0.1, 0.15) is 33.9 Å². The Morgan fingerprint density at radius 3 is 2.89 bits per heavy atom. The van der Waals surface area contributed by atoms with Crippen molar-refractivity contribution in [3.63, 3.8) is 0 Å². The van der Waals surface area contributed by atoms with Crippen LogP contribution in [0.15, 0.2) is 30.3 Å². The highest BCUT2D eigenvalue weighted by molar-refractivity contribution is 7.12. The van der Waals surface area contributed by atoms with Crippen molar-refractivity contribution in [3.8, 4) is 5.75 Å². The number of aryl methyl sites for hydroxylation is 1. The van der Waals surface area contributed by atoms with E-state index < -0.39 is 6.10 Å². The average molecular weight is 281 g/mol. The van der Waals surface area contributed by atoms with Gasteiger partial charge in [-0.25, -0.2) is 0 Å². The molecule has 0 spiro atoms. The molecule has 94 valence electrons. The molecule has 0 aliphatic carbocycles. The quantitative estimate of drug-likeness (QED) is 0.845. The maximum Gasteiger partial charge on any atom is 0.136 e. The fraction of sp³-hybridized carbons (Fsp3) is 0.286. The fourth-order valence-electron chi connectivity index (χ4n) is 2.22. The molecule has 1 aromatic heterocycles. The van der Waals surface area contributed by atoms with Gasteiger partial charge in [0.25, 0.3) is 0 Å². The van der Waals surface area contributed by atoms with Gasteiger partial charge >= 0.3 is 0 Å². The highest BCUT2D eigenvalue weighted by atomic mass is 35.5. The van der Waals surface area contributed by atoms with Gasteiger partial charge in [-0.15, -0.1) is 11.3 Å². The minimum atomic E-state index is -0.514. The van der Waals surface area contributed by atoms with Crippen LogP contribution in [0, 0.1) is 6.92 Å². The van der Waals surface area contributed by atoms with Crippen LogP contribution in [-0.4, -0.2) is 5.11 Å². The second kappa shape index (κ2) is 4.57. The highest BCUT2D eigenvalue weighted by Gasteiger charge is 2.28. The van der Waals surface area contributed by atoms with Crippen molar-refractivity contribution in [1.82, 2.24) is 0 Å². The number of rotatable bonds is 1. The van der Waals surface area contributed by atoms with Crippen molar-refractivity contribution in [2.75, 3.05) is 0 Å². The maximum absolute atomic E-state index is 10.2. The fourth-order valence-corrected chi connectivity index (χ4v) is 3.32. The summed E-state index contributed by atoms with van der Waals surface area (Å²) in [6, 6.07) is 9.53. The van der Waals surface area contributed by atoms with Crippen LogP contribution in [0.4, 0.5) is 0 Å². The Bertz CT molecular complexity index is 579. The molecule has 0 amide bonds. The maximum atomic E-state index is 10.2. The first-order chi connectivity index (χ1) is 8.63. The topological polar surface area (TPSA) is 29.5 Å². The zero-order valence-corrected chi connectivity index (χ0v) is 11.5. The van der Waals surface area contributed by atoms with Crippen LogP contribution >= 0.6 is 22.9 Å². The molecule has 0 bridgehead atoms. The summed E-state index contributed by atoms with van der Waals surface area (Å²) in [4.78, 5) is 2.41. The Morgan fingerprint density at radius 1 is 1.33 bits per heavy atom. The van der Waals surface area contributed by atoms with Crippen molar-refractivity contribution < 1.29 is 9.84 Å². The molecular formula is C14H13ClO2S. The summed E-state index contributed by atoms with van der Waals surface area (Å²) < 4.78 is 5.95. The number of fused-ring (bicyclic) bond motifs is 1. The van der Waals surface area contributed by atoms with Crippen molar-refractivity contribution in [1.29, 1.82) is 0 Å². The summed E-state index contributed by atoms with van der Waals surface area (Å²) in [6.45, 7) is 2.07. The first-order valence-corrected chi connectivity index (χ1v) is 7.03. The molecule has 3 rings (SSSR count). The summed E-state index contributed by atoms with van der Waals surface area (Å²) >= 11 is 7.65. The van der Waals surface area contributed by atoms with E-state index in [2.05, 4.69) is 19.1 Å². The van der Waals surface area contributed by atoms with Gasteiger partial charge in [0.1, 0.15) is 11.9 Å². The van der Waals surface area contributed by atoms with Crippen LogP contribution in [-0.2, 0) is 0 Å². The van der Waals surface area contributed by atoms with Gasteiger partial charge in [0.15, 0.2) is 0 Å². The smallest absolute Gasteiger partial charge is 0.136 e. The van der Waals surface area contributed by atoms with E-state index in [1.807, 2.05) is 6.07 Å². The van der Waals surface area contributed by atoms with Crippen LogP contribution in [0.5, 0.6) is 5.75 Å². The molecular weight excluding hydrogens is 268 g/mol. The van der Waals surface area contributed by atoms with Crippen LogP contribution in [0.2, 0.25) is 5.02 Å². The molecule has 1 aromatic carbocycles. The van der Waals surface area contributed by atoms with Gasteiger partial charge in [-0.3, -0.25) is 0 Å². The highest BCUT2D eigenvalue weighted by Crippen LogP contribution is 2.43. The van der Waals surface area contributed by atoms with Crippen molar-refractivity contribution >= 4 is 22.9 Å². The van der Waals surface area contributed by atoms with E-state index >= 15 is 0 Å². The number of thiophene rings is 1. The Kier molecular flexibility index (Phi) is 3.06. The van der Waals surface area contributed by atoms with E-state index in [0.29, 0.717) is 11.4 Å². The normalized spacial score (nSPS) is 22.4. The summed E-state index contributed by atoms with van der Waals surface area (Å²) in [6.07, 6.45) is 0.0000447. The number of ether oxygens (including phenoxy) is 1. The van der Waals surface area contributed by atoms with E-state index in [9.17, 15) is 5.11 Å². The summed E-state index contributed by atoms with van der Waals surface area (Å²) in [5.74, 6) is 0.731. The zero-order valence-electron chi connectivity index (χ0n) is 9.89. The molecule has 1 aliphatic heterocycles. The Morgan fingerprint density at radius 2 is 2.17 bits per heavy atom. The standard InChI is InChI=1S/C14H13ClO2S/c1-8-2-5-14(18-8)13-7-11(16)10-6-9(15)3-4-12(10)17-13/h2-6,11,13,16H,7H2,1H3/t11-,13?/m1/s1. The molecule has 4 heteroatoms. The lowest BCUT2D eigenvalue weighted by Crippen LogP contribution is -2.18. The Balaban J connectivity index is 1.94. The van der Waals surface area contributed by atoms with Crippen molar-refractivity contribution in [2.24, 2.45) is 0 Å². The van der Waals surface area contributed by atoms with Gasteiger partial charge in [0.05, 0.1) is 6.10 Å². The molecule has 2 nitrogen and oxygen atoms in total. The molecule has 18 heavy (non-hydrogen) atoms. The van der Waals surface area contributed by atoms with Crippen molar-refractivity contribution in [3.05, 3.63) is 50.7 Å². The predicted octanol–water partition coefficient (Wildman–Crippen LogP) is 4.27. The lowest BCUT2D eigenvalue weighted by molar-refractivity contribution is 0.0674. The third-order valence-corrected chi connectivity index (χ3v) is 4.44. The molecule has 0 fully saturated rings. The van der Waals surface area contributed by atoms with E-state index in [0.717, 1.165) is 16.2 Å². The SMILES string of the molecule is Cc1ccc(C2C[C@@H](O)c3cc(Cl)ccc3O2)s1. The van der Waals surface area contributed by atoms with Gasteiger partial charge in [0.2, 0.25) is 0 Å². The van der Waals surface area contributed by atoms with Crippen molar-refractivity contribution in [2.45, 2.75) is 25.6 Å². The minimum absolute atomic E-state index is 0.0626. The minimum Gasteiger partial charge on any atom is -0.484 e. The number of benzene rings is 1. The third kappa shape index (κ3) is 2.14. The molecule has 1 unspecified atom stereocenters. The van der Waals surface area contributed by atoms with E-state index in [-0.39, 0.29) is 6.10 Å². The monoisotopic (exact) mass is 280 g/mol. The summed E-state index contributed by atoms with van der Waals surface area (Å²) in [5.41, 5.74) is 0.784. The van der Waals surface area contributed by atoms with E-state index in [4.69, 9.17) is 16.3 Å². The molecule has 1 N–H and O–H groups in total. The van der Waals surface area contributed by atoms with Gasteiger partial charge in [-0.05, 0) is 37.3 Å². The third-order valence-electron chi connectivity index (χ3n) is 3.12. The molecule has 2 heterocycles. The molecule has 0 radical (unpaired) electrons. The number of aliphatic hydroxyl groups is 1. The van der Waals surface area contributed by atoms with Crippen LogP contribution < -0.4 is 4.74 Å². The Labute approximate surface area is 115 Å². The number of hydrogen-bond donors (Lipinski definition) is 1. The van der Waals surface area contributed by atoms with Crippen LogP contribution in [0.3, 0.4) is 0 Å². The van der Waals surface area contributed by atoms with Gasteiger partial charge in [-0.2, -0.15) is 0 Å². The first kappa shape index (κ1) is 12.0. The van der Waals surface area contributed by atoms with Gasteiger partial charge in [0, 0.05) is 26.8 Å². The second-order valence-corrected chi connectivity index (χ2v) is 6.24. The summed E-state index contributed by atoms with van der Waals surface area (Å²) in [5, 5.41) is 10.8. The molecule has 0 saturated heterocycles. The number of hydrogen-bond acceptors (Lipinski definition) is 3. The Hall–Kier alpha value is -1.03. The van der Waals surface area contributed by atoms with Gasteiger partial charge in [-0.1, -0.05) is 11.6 Å². The lowest BCUT2D eigenvalue weighted by Gasteiger charge is -2.29. The first-order valence-electron chi connectivity index (χ1n) is 5.84. The van der Waals surface area contributed by atoms with E-state index in [1.165, 1.54) is 4.88 Å². The zero-order chi connectivity index (χ0) is 12.7. The van der Waals surface area contributed by atoms with E-state index in [1.54, 1.807) is 23.5 Å². The average Bonchev–Trinajstić information content (AvgIpc) is 2.77. The predicted molar refractivity (Wildman–Crippen MR) is 73.5 cm³/mol. The van der Waals surface area contributed by atoms with Gasteiger partial charge < -0.3 is 9.84 Å². The largest absolute Gasteiger partial charge is 0.484 e. The lowest BCUT2D eigenvalue weighted by atomic mass is 9.98. The number of halogens is 1. The molecule has 0 saturated carbocycles.